The Kier molecular flexibility index (Phi) is 4.18. The molecule has 3 aliphatic heterocycles. The van der Waals surface area contributed by atoms with E-state index in [-0.39, 0.29) is 12.5 Å². The van der Waals surface area contributed by atoms with Crippen LogP contribution < -0.4 is 10.6 Å². The van der Waals surface area contributed by atoms with Gasteiger partial charge in [-0.1, -0.05) is 0 Å². The summed E-state index contributed by atoms with van der Waals surface area (Å²) in [6.07, 6.45) is 4.85. The first-order valence-corrected chi connectivity index (χ1v) is 8.64. The van der Waals surface area contributed by atoms with Crippen molar-refractivity contribution in [1.82, 2.24) is 15.5 Å². The number of rotatable bonds is 4. The molecule has 1 aromatic rings. The number of hydrogen-bond acceptors (Lipinski definition) is 4. The van der Waals surface area contributed by atoms with Crippen molar-refractivity contribution in [3.63, 3.8) is 0 Å². The molecule has 4 unspecified atom stereocenters. The molecule has 0 aliphatic carbocycles. The number of furan rings is 1. The molecular formula is C17H24N4O3. The highest BCUT2D eigenvalue weighted by molar-refractivity contribution is 5.86. The van der Waals surface area contributed by atoms with E-state index in [1.165, 1.54) is 12.8 Å². The molecule has 130 valence electrons. The number of aliphatic imine (C=N–C) groups is 1. The fourth-order valence-electron chi connectivity index (χ4n) is 4.29. The Morgan fingerprint density at radius 1 is 1.29 bits per heavy atom. The Labute approximate surface area is 141 Å². The number of hydrogen-bond donors (Lipinski definition) is 2. The van der Waals surface area contributed by atoms with E-state index < -0.39 is 0 Å². The summed E-state index contributed by atoms with van der Waals surface area (Å²) >= 11 is 0. The van der Waals surface area contributed by atoms with Crippen molar-refractivity contribution >= 4 is 11.9 Å². The van der Waals surface area contributed by atoms with Crippen LogP contribution in [-0.4, -0.2) is 55.7 Å². The number of guanidine groups is 1. The predicted molar refractivity (Wildman–Crippen MR) is 88.4 cm³/mol. The molecule has 24 heavy (non-hydrogen) atoms. The zero-order valence-electron chi connectivity index (χ0n) is 13.9. The number of ether oxygens (including phenoxy) is 1. The lowest BCUT2D eigenvalue weighted by Gasteiger charge is -2.23. The third-order valence-electron chi connectivity index (χ3n) is 5.41. The van der Waals surface area contributed by atoms with E-state index in [0.717, 1.165) is 24.8 Å². The lowest BCUT2D eigenvalue weighted by Crippen LogP contribution is -2.45. The second-order valence-electron chi connectivity index (χ2n) is 6.78. The number of nitrogens with zero attached hydrogens (tertiary/aromatic N) is 2. The highest BCUT2D eigenvalue weighted by Gasteiger charge is 2.53. The lowest BCUT2D eigenvalue weighted by atomic mass is 9.82. The van der Waals surface area contributed by atoms with Crippen LogP contribution in [0.3, 0.4) is 0 Å². The highest BCUT2D eigenvalue weighted by Crippen LogP contribution is 2.47. The van der Waals surface area contributed by atoms with Crippen molar-refractivity contribution in [2.75, 3.05) is 26.7 Å². The molecule has 7 nitrogen and oxygen atoms in total. The average Bonchev–Trinajstić information content (AvgIpc) is 3.34. The van der Waals surface area contributed by atoms with Gasteiger partial charge in [-0.25, -0.2) is 0 Å². The average molecular weight is 332 g/mol. The zero-order chi connectivity index (χ0) is 16.5. The minimum Gasteiger partial charge on any atom is -0.467 e. The molecule has 4 rings (SSSR count). The van der Waals surface area contributed by atoms with Crippen LogP contribution in [0.4, 0.5) is 0 Å². The van der Waals surface area contributed by atoms with Gasteiger partial charge in [0.1, 0.15) is 5.76 Å². The topological polar surface area (TPSA) is 79.1 Å². The molecule has 1 amide bonds. The first kappa shape index (κ1) is 15.5. The number of likely N-dealkylation sites (tertiary alicyclic amines) is 1. The number of nitrogens with one attached hydrogen (secondary N) is 2. The summed E-state index contributed by atoms with van der Waals surface area (Å²) in [6.45, 7) is 2.56. The molecule has 0 radical (unpaired) electrons. The van der Waals surface area contributed by atoms with E-state index in [1.807, 2.05) is 12.1 Å². The molecule has 3 fully saturated rings. The van der Waals surface area contributed by atoms with Gasteiger partial charge >= 0.3 is 0 Å². The maximum Gasteiger partial charge on any atom is 0.239 e. The van der Waals surface area contributed by atoms with Gasteiger partial charge in [-0.2, -0.15) is 0 Å². The Hall–Kier alpha value is -2.02. The summed E-state index contributed by atoms with van der Waals surface area (Å²) in [4.78, 5) is 18.6. The van der Waals surface area contributed by atoms with E-state index in [4.69, 9.17) is 9.15 Å². The maximum atomic E-state index is 12.0. The van der Waals surface area contributed by atoms with Crippen LogP contribution in [0.25, 0.3) is 0 Å². The molecule has 4 heterocycles. The number of amides is 1. The number of carbonyl (C=O) groups is 1. The second-order valence-corrected chi connectivity index (χ2v) is 6.78. The molecule has 3 aliphatic rings. The van der Waals surface area contributed by atoms with Crippen LogP contribution in [0.5, 0.6) is 0 Å². The van der Waals surface area contributed by atoms with Crippen LogP contribution in [0.2, 0.25) is 0 Å². The molecule has 2 bridgehead atoms. The molecular weight excluding hydrogens is 308 g/mol. The molecule has 0 saturated carbocycles. The van der Waals surface area contributed by atoms with E-state index in [0.29, 0.717) is 30.6 Å². The van der Waals surface area contributed by atoms with Crippen molar-refractivity contribution in [3.8, 4) is 0 Å². The third-order valence-corrected chi connectivity index (χ3v) is 5.41. The van der Waals surface area contributed by atoms with Gasteiger partial charge in [0, 0.05) is 32.0 Å². The number of carbonyl (C=O) groups excluding carboxylic acids is 1. The molecule has 1 aromatic heterocycles. The first-order valence-electron chi connectivity index (χ1n) is 8.64. The largest absolute Gasteiger partial charge is 0.467 e. The van der Waals surface area contributed by atoms with Crippen LogP contribution >= 0.6 is 0 Å². The van der Waals surface area contributed by atoms with Crippen molar-refractivity contribution < 1.29 is 13.9 Å². The van der Waals surface area contributed by atoms with Crippen molar-refractivity contribution in [3.05, 3.63) is 24.2 Å². The smallest absolute Gasteiger partial charge is 0.239 e. The van der Waals surface area contributed by atoms with Gasteiger partial charge in [0.2, 0.25) is 5.91 Å². The summed E-state index contributed by atoms with van der Waals surface area (Å²) in [5.74, 6) is 2.72. The normalized spacial score (nSPS) is 31.4. The SMILES string of the molecule is CN=C(NCC(=O)NCc1ccco1)N1CC2C3CCC(O3)C2C1. The van der Waals surface area contributed by atoms with E-state index in [9.17, 15) is 4.79 Å². The first-order chi connectivity index (χ1) is 11.7. The second kappa shape index (κ2) is 6.47. The fraction of sp³-hybridized carbons (Fsp3) is 0.647. The molecule has 3 saturated heterocycles. The minimum absolute atomic E-state index is 0.0738. The molecule has 2 N–H and O–H groups in total. The Morgan fingerprint density at radius 2 is 2.04 bits per heavy atom. The van der Waals surface area contributed by atoms with Gasteiger partial charge in [0.15, 0.2) is 5.96 Å². The molecule has 0 spiro atoms. The number of fused-ring (bicyclic) bond motifs is 5. The lowest BCUT2D eigenvalue weighted by molar-refractivity contribution is -0.120. The molecule has 4 atom stereocenters. The minimum atomic E-state index is -0.0738. The summed E-state index contributed by atoms with van der Waals surface area (Å²) in [5.41, 5.74) is 0. The van der Waals surface area contributed by atoms with Gasteiger partial charge < -0.3 is 24.7 Å². The molecule has 7 heteroatoms. The summed E-state index contributed by atoms with van der Waals surface area (Å²) in [6, 6.07) is 3.65. The van der Waals surface area contributed by atoms with Crippen LogP contribution in [0, 0.1) is 11.8 Å². The standard InChI is InChI=1S/C17H24N4O3/c1-18-17(20-8-16(22)19-7-11-3-2-6-23-11)21-9-12-13(10-21)15-5-4-14(12)24-15/h2-3,6,12-15H,4-5,7-10H2,1H3,(H,18,20)(H,19,22). The van der Waals surface area contributed by atoms with Crippen LogP contribution in [-0.2, 0) is 16.1 Å². The van der Waals surface area contributed by atoms with Crippen molar-refractivity contribution in [2.24, 2.45) is 16.8 Å². The quantitative estimate of drug-likeness (QED) is 0.623. The van der Waals surface area contributed by atoms with Gasteiger partial charge in [-0.15, -0.1) is 0 Å². The fourth-order valence-corrected chi connectivity index (χ4v) is 4.29. The van der Waals surface area contributed by atoms with Crippen molar-refractivity contribution in [1.29, 1.82) is 0 Å². The summed E-state index contributed by atoms with van der Waals surface area (Å²) in [5, 5.41) is 6.00. The van der Waals surface area contributed by atoms with Gasteiger partial charge in [-0.05, 0) is 25.0 Å². The zero-order valence-corrected chi connectivity index (χ0v) is 13.9. The summed E-state index contributed by atoms with van der Waals surface area (Å²) < 4.78 is 11.2. The monoisotopic (exact) mass is 332 g/mol. The van der Waals surface area contributed by atoms with Gasteiger partial charge in [0.25, 0.3) is 0 Å². The van der Waals surface area contributed by atoms with Crippen LogP contribution in [0.1, 0.15) is 18.6 Å². The Bertz CT molecular complexity index is 597. The Balaban J connectivity index is 1.25. The highest BCUT2D eigenvalue weighted by atomic mass is 16.5. The summed E-state index contributed by atoms with van der Waals surface area (Å²) in [7, 11) is 1.77. The maximum absolute atomic E-state index is 12.0. The van der Waals surface area contributed by atoms with E-state index >= 15 is 0 Å². The van der Waals surface area contributed by atoms with Crippen molar-refractivity contribution in [2.45, 2.75) is 31.6 Å². The Morgan fingerprint density at radius 3 is 2.67 bits per heavy atom. The molecule has 0 aromatic carbocycles. The third kappa shape index (κ3) is 2.88. The predicted octanol–water partition coefficient (Wildman–Crippen LogP) is 0.580. The van der Waals surface area contributed by atoms with Crippen LogP contribution in [0.15, 0.2) is 27.8 Å². The van der Waals surface area contributed by atoms with E-state index in [1.54, 1.807) is 13.3 Å². The van der Waals surface area contributed by atoms with Gasteiger partial charge in [-0.3, -0.25) is 9.79 Å². The van der Waals surface area contributed by atoms with E-state index in [2.05, 4.69) is 20.5 Å². The van der Waals surface area contributed by atoms with Gasteiger partial charge in [0.05, 0.1) is 31.6 Å².